The molecular formula is C10H10O5. The highest BCUT2D eigenvalue weighted by molar-refractivity contribution is 5.90. The molecule has 0 aliphatic heterocycles. The lowest BCUT2D eigenvalue weighted by Gasteiger charge is -2.08. The average Bonchev–Trinajstić information content (AvgIpc) is 2.15. The zero-order valence-electron chi connectivity index (χ0n) is 8.06. The zero-order chi connectivity index (χ0) is 11.4. The van der Waals surface area contributed by atoms with Gasteiger partial charge in [-0.3, -0.25) is 0 Å². The molecule has 15 heavy (non-hydrogen) atoms. The number of aromatic carboxylic acids is 1. The second-order valence-corrected chi connectivity index (χ2v) is 2.92. The predicted octanol–water partition coefficient (Wildman–Crippen LogP) is 1.16. The Bertz CT molecular complexity index is 397. The summed E-state index contributed by atoms with van der Waals surface area (Å²) in [4.78, 5) is 21.0. The van der Waals surface area contributed by atoms with E-state index in [1.807, 2.05) is 0 Å². The molecule has 1 aromatic rings. The van der Waals surface area contributed by atoms with Gasteiger partial charge in [0.25, 0.3) is 0 Å². The van der Waals surface area contributed by atoms with Crippen molar-refractivity contribution in [2.75, 3.05) is 6.61 Å². The van der Waals surface area contributed by atoms with E-state index in [4.69, 9.17) is 14.9 Å². The highest BCUT2D eigenvalue weighted by Gasteiger charge is 2.11. The highest BCUT2D eigenvalue weighted by Crippen LogP contribution is 2.21. The second-order valence-electron chi connectivity index (χ2n) is 2.92. The Morgan fingerprint density at radius 2 is 2.00 bits per heavy atom. The third-order valence-electron chi connectivity index (χ3n) is 1.87. The standard InChI is InChI=1S/C10H10O5/c1-6-7(10(13)14)3-2-4-8(6)15-5-9(11)12/h2-4H,5H2,1H3,(H,11,12)(H,13,14). The molecule has 0 atom stereocenters. The van der Waals surface area contributed by atoms with Gasteiger partial charge in [-0.1, -0.05) is 6.07 Å². The maximum Gasteiger partial charge on any atom is 0.341 e. The highest BCUT2D eigenvalue weighted by atomic mass is 16.5. The Morgan fingerprint density at radius 3 is 2.53 bits per heavy atom. The number of carboxylic acid groups (broad SMARTS) is 2. The number of benzene rings is 1. The SMILES string of the molecule is Cc1c(OCC(=O)O)cccc1C(=O)O. The minimum Gasteiger partial charge on any atom is -0.482 e. The molecule has 1 aromatic carbocycles. The van der Waals surface area contributed by atoms with Gasteiger partial charge in [0.1, 0.15) is 5.75 Å². The van der Waals surface area contributed by atoms with Crippen LogP contribution in [0.1, 0.15) is 15.9 Å². The molecule has 0 aliphatic rings. The molecule has 0 fully saturated rings. The molecule has 0 bridgehead atoms. The summed E-state index contributed by atoms with van der Waals surface area (Å²) >= 11 is 0. The molecule has 0 radical (unpaired) electrons. The van der Waals surface area contributed by atoms with Crippen LogP contribution in [0, 0.1) is 6.92 Å². The fourth-order valence-corrected chi connectivity index (χ4v) is 1.14. The topological polar surface area (TPSA) is 83.8 Å². The molecular weight excluding hydrogens is 200 g/mol. The van der Waals surface area contributed by atoms with Gasteiger partial charge in [-0.25, -0.2) is 9.59 Å². The van der Waals surface area contributed by atoms with Gasteiger partial charge in [-0.05, 0) is 19.1 Å². The minimum atomic E-state index is -1.10. The smallest absolute Gasteiger partial charge is 0.341 e. The molecule has 0 unspecified atom stereocenters. The van der Waals surface area contributed by atoms with Crippen LogP contribution in [0.2, 0.25) is 0 Å². The second kappa shape index (κ2) is 4.45. The van der Waals surface area contributed by atoms with Gasteiger partial charge >= 0.3 is 11.9 Å². The summed E-state index contributed by atoms with van der Waals surface area (Å²) < 4.78 is 4.93. The first kappa shape index (κ1) is 11.0. The van der Waals surface area contributed by atoms with Gasteiger partial charge in [0.2, 0.25) is 0 Å². The molecule has 0 heterocycles. The quantitative estimate of drug-likeness (QED) is 0.778. The summed E-state index contributed by atoms with van der Waals surface area (Å²) in [5.41, 5.74) is 0.532. The van der Waals surface area contributed by atoms with Gasteiger partial charge in [0.15, 0.2) is 6.61 Å². The monoisotopic (exact) mass is 210 g/mol. The van der Waals surface area contributed by atoms with E-state index in [9.17, 15) is 9.59 Å². The normalized spacial score (nSPS) is 9.67. The van der Waals surface area contributed by atoms with E-state index in [0.29, 0.717) is 5.56 Å². The molecule has 0 saturated heterocycles. The summed E-state index contributed by atoms with van der Waals surface area (Å²) in [5.74, 6) is -1.89. The van der Waals surface area contributed by atoms with Crippen LogP contribution in [-0.4, -0.2) is 28.8 Å². The maximum atomic E-state index is 10.7. The lowest BCUT2D eigenvalue weighted by Crippen LogP contribution is -2.11. The van der Waals surface area contributed by atoms with Crippen molar-refractivity contribution in [2.45, 2.75) is 6.92 Å². The van der Waals surface area contributed by atoms with Crippen LogP contribution in [0.15, 0.2) is 18.2 Å². The Labute approximate surface area is 85.9 Å². The van der Waals surface area contributed by atoms with Crippen molar-refractivity contribution in [3.8, 4) is 5.75 Å². The van der Waals surface area contributed by atoms with Crippen LogP contribution in [0.5, 0.6) is 5.75 Å². The molecule has 0 aliphatic carbocycles. The maximum absolute atomic E-state index is 10.7. The molecule has 5 nitrogen and oxygen atoms in total. The zero-order valence-corrected chi connectivity index (χ0v) is 8.06. The van der Waals surface area contributed by atoms with E-state index in [1.165, 1.54) is 18.2 Å². The predicted molar refractivity (Wildman–Crippen MR) is 51.3 cm³/mol. The van der Waals surface area contributed by atoms with Gasteiger partial charge in [-0.2, -0.15) is 0 Å². The van der Waals surface area contributed by atoms with Crippen molar-refractivity contribution in [3.63, 3.8) is 0 Å². The minimum absolute atomic E-state index is 0.109. The first-order valence-electron chi connectivity index (χ1n) is 4.20. The summed E-state index contributed by atoms with van der Waals surface area (Å²) in [5, 5.41) is 17.2. The Balaban J connectivity index is 2.94. The van der Waals surface area contributed by atoms with Crippen molar-refractivity contribution in [1.29, 1.82) is 0 Å². The van der Waals surface area contributed by atoms with Gasteiger partial charge < -0.3 is 14.9 Å². The van der Waals surface area contributed by atoms with Crippen LogP contribution in [-0.2, 0) is 4.79 Å². The number of aliphatic carboxylic acids is 1. The number of carboxylic acids is 2. The molecule has 0 aromatic heterocycles. The Hall–Kier alpha value is -2.04. The van der Waals surface area contributed by atoms with Crippen LogP contribution in [0.4, 0.5) is 0 Å². The number of rotatable bonds is 4. The summed E-state index contributed by atoms with van der Waals surface area (Å²) in [6.45, 7) is 1.09. The first-order valence-corrected chi connectivity index (χ1v) is 4.20. The van der Waals surface area contributed by atoms with E-state index >= 15 is 0 Å². The molecule has 0 amide bonds. The number of hydrogen-bond acceptors (Lipinski definition) is 3. The molecule has 80 valence electrons. The van der Waals surface area contributed by atoms with E-state index in [-0.39, 0.29) is 11.3 Å². The van der Waals surface area contributed by atoms with Crippen molar-refractivity contribution >= 4 is 11.9 Å². The number of carbonyl (C=O) groups is 2. The van der Waals surface area contributed by atoms with Crippen molar-refractivity contribution in [2.24, 2.45) is 0 Å². The lowest BCUT2D eigenvalue weighted by molar-refractivity contribution is -0.139. The van der Waals surface area contributed by atoms with Crippen LogP contribution < -0.4 is 4.74 Å². The van der Waals surface area contributed by atoms with Crippen LogP contribution >= 0.6 is 0 Å². The van der Waals surface area contributed by atoms with Gasteiger partial charge in [-0.15, -0.1) is 0 Å². The van der Waals surface area contributed by atoms with Gasteiger partial charge in [0.05, 0.1) is 5.56 Å². The van der Waals surface area contributed by atoms with Crippen molar-refractivity contribution < 1.29 is 24.5 Å². The van der Waals surface area contributed by atoms with Crippen LogP contribution in [0.3, 0.4) is 0 Å². The third-order valence-corrected chi connectivity index (χ3v) is 1.87. The number of ether oxygens (including phenoxy) is 1. The fraction of sp³-hybridized carbons (Fsp3) is 0.200. The van der Waals surface area contributed by atoms with E-state index in [0.717, 1.165) is 0 Å². The summed E-state index contributed by atoms with van der Waals surface area (Å²) in [7, 11) is 0. The van der Waals surface area contributed by atoms with Crippen LogP contribution in [0.25, 0.3) is 0 Å². The van der Waals surface area contributed by atoms with E-state index < -0.39 is 18.5 Å². The summed E-state index contributed by atoms with van der Waals surface area (Å²) in [6.07, 6.45) is 0. The summed E-state index contributed by atoms with van der Waals surface area (Å²) in [6, 6.07) is 4.48. The molecule has 0 saturated carbocycles. The van der Waals surface area contributed by atoms with E-state index in [2.05, 4.69) is 0 Å². The Morgan fingerprint density at radius 1 is 1.33 bits per heavy atom. The van der Waals surface area contributed by atoms with Crippen molar-refractivity contribution in [3.05, 3.63) is 29.3 Å². The van der Waals surface area contributed by atoms with E-state index in [1.54, 1.807) is 6.92 Å². The largest absolute Gasteiger partial charge is 0.482 e. The lowest BCUT2D eigenvalue weighted by atomic mass is 10.1. The average molecular weight is 210 g/mol. The van der Waals surface area contributed by atoms with Gasteiger partial charge in [0, 0.05) is 5.56 Å². The third kappa shape index (κ3) is 2.70. The molecule has 2 N–H and O–H groups in total. The number of hydrogen-bond donors (Lipinski definition) is 2. The molecule has 1 rings (SSSR count). The Kier molecular flexibility index (Phi) is 3.28. The first-order chi connectivity index (χ1) is 7.02. The van der Waals surface area contributed by atoms with Crippen molar-refractivity contribution in [1.82, 2.24) is 0 Å². The molecule has 5 heteroatoms. The fourth-order valence-electron chi connectivity index (χ4n) is 1.14. The molecule has 0 spiro atoms.